The lowest BCUT2D eigenvalue weighted by Crippen LogP contribution is -2.21. The zero-order valence-corrected chi connectivity index (χ0v) is 17.6. The highest BCUT2D eigenvalue weighted by Crippen LogP contribution is 2.34. The highest BCUT2D eigenvalue weighted by Gasteiger charge is 2.26. The van der Waals surface area contributed by atoms with Gasteiger partial charge in [-0.3, -0.25) is 4.79 Å². The minimum absolute atomic E-state index is 0.176. The number of hydrogen-bond acceptors (Lipinski definition) is 5. The van der Waals surface area contributed by atoms with E-state index in [1.165, 1.54) is 28.9 Å². The lowest BCUT2D eigenvalue weighted by atomic mass is 10.1. The molecule has 2 rings (SSSR count). The largest absolute Gasteiger partial charge is 0.465 e. The lowest BCUT2D eigenvalue weighted by molar-refractivity contribution is 0.0601. The maximum Gasteiger partial charge on any atom is 0.341 e. The van der Waals surface area contributed by atoms with Gasteiger partial charge in [0.25, 0.3) is 5.91 Å². The molecule has 27 heavy (non-hydrogen) atoms. The fraction of sp³-hybridized carbons (Fsp3) is 0.316. The number of amides is 1. The number of anilines is 2. The Morgan fingerprint density at radius 2 is 1.96 bits per heavy atom. The Labute approximate surface area is 168 Å². The standard InChI is InChI=1S/C19H23N3O3S2/c1-6-12-8-7-9-13(10-12)20-19(26)21-16-14(18(24)25-5)11(2)15(27-16)17(23)22(3)4/h7-10H,6H2,1-5H3,(H2,20,21,26). The van der Waals surface area contributed by atoms with Gasteiger partial charge in [0, 0.05) is 19.8 Å². The van der Waals surface area contributed by atoms with E-state index < -0.39 is 5.97 Å². The Bertz CT molecular complexity index is 875. The summed E-state index contributed by atoms with van der Waals surface area (Å²) in [6.45, 7) is 3.81. The highest BCUT2D eigenvalue weighted by molar-refractivity contribution is 7.80. The number of aryl methyl sites for hydroxylation is 1. The molecule has 1 amide bonds. The summed E-state index contributed by atoms with van der Waals surface area (Å²) < 4.78 is 4.88. The molecule has 1 aromatic carbocycles. The molecule has 0 spiro atoms. The maximum absolute atomic E-state index is 12.4. The van der Waals surface area contributed by atoms with Crippen molar-refractivity contribution in [2.75, 3.05) is 31.8 Å². The van der Waals surface area contributed by atoms with Crippen LogP contribution in [-0.4, -0.2) is 43.1 Å². The van der Waals surface area contributed by atoms with E-state index in [9.17, 15) is 9.59 Å². The maximum atomic E-state index is 12.4. The molecule has 6 nitrogen and oxygen atoms in total. The van der Waals surface area contributed by atoms with E-state index in [1.807, 2.05) is 24.3 Å². The van der Waals surface area contributed by atoms with Crippen LogP contribution in [0, 0.1) is 6.92 Å². The van der Waals surface area contributed by atoms with Crippen molar-refractivity contribution in [2.45, 2.75) is 20.3 Å². The average molecular weight is 406 g/mol. The third-order valence-electron chi connectivity index (χ3n) is 3.96. The van der Waals surface area contributed by atoms with Gasteiger partial charge in [0.15, 0.2) is 5.11 Å². The van der Waals surface area contributed by atoms with Crippen molar-refractivity contribution in [3.63, 3.8) is 0 Å². The summed E-state index contributed by atoms with van der Waals surface area (Å²) in [6.07, 6.45) is 0.919. The minimum atomic E-state index is -0.514. The molecular weight excluding hydrogens is 382 g/mol. The van der Waals surface area contributed by atoms with Crippen LogP contribution < -0.4 is 10.6 Å². The van der Waals surface area contributed by atoms with E-state index in [4.69, 9.17) is 17.0 Å². The molecule has 0 aliphatic rings. The van der Waals surface area contributed by atoms with Crippen LogP contribution in [0.4, 0.5) is 10.7 Å². The number of nitrogens with one attached hydrogen (secondary N) is 2. The van der Waals surface area contributed by atoms with E-state index >= 15 is 0 Å². The number of thiocarbonyl (C=S) groups is 1. The van der Waals surface area contributed by atoms with Gasteiger partial charge in [-0.2, -0.15) is 0 Å². The minimum Gasteiger partial charge on any atom is -0.465 e. The van der Waals surface area contributed by atoms with Crippen molar-refractivity contribution in [2.24, 2.45) is 0 Å². The molecule has 0 fully saturated rings. The Balaban J connectivity index is 2.30. The van der Waals surface area contributed by atoms with Crippen LogP contribution in [0.2, 0.25) is 0 Å². The third-order valence-corrected chi connectivity index (χ3v) is 5.36. The molecule has 0 aliphatic carbocycles. The van der Waals surface area contributed by atoms with Crippen molar-refractivity contribution in [3.05, 3.63) is 45.8 Å². The summed E-state index contributed by atoms with van der Waals surface area (Å²) in [5.41, 5.74) is 2.93. The first-order chi connectivity index (χ1) is 12.8. The van der Waals surface area contributed by atoms with Crippen molar-refractivity contribution in [3.8, 4) is 0 Å². The Morgan fingerprint density at radius 1 is 1.26 bits per heavy atom. The van der Waals surface area contributed by atoms with E-state index in [0.717, 1.165) is 12.1 Å². The van der Waals surface area contributed by atoms with Gasteiger partial charge in [0.2, 0.25) is 0 Å². The Hall–Kier alpha value is -2.45. The molecule has 2 N–H and O–H groups in total. The number of thiophene rings is 1. The van der Waals surface area contributed by atoms with Crippen LogP contribution in [0.1, 0.15) is 38.1 Å². The SMILES string of the molecule is CCc1cccc(NC(=S)Nc2sc(C(=O)N(C)C)c(C)c2C(=O)OC)c1. The van der Waals surface area contributed by atoms with Gasteiger partial charge in [-0.1, -0.05) is 19.1 Å². The Kier molecular flexibility index (Phi) is 6.92. The predicted octanol–water partition coefficient (Wildman–Crippen LogP) is 3.92. The molecule has 8 heteroatoms. The molecule has 0 bridgehead atoms. The molecular formula is C19H23N3O3S2. The average Bonchev–Trinajstić information content (AvgIpc) is 2.96. The van der Waals surface area contributed by atoms with E-state index in [0.29, 0.717) is 26.1 Å². The first kappa shape index (κ1) is 20.9. The van der Waals surface area contributed by atoms with Crippen LogP contribution in [0.5, 0.6) is 0 Å². The van der Waals surface area contributed by atoms with Gasteiger partial charge in [-0.25, -0.2) is 4.79 Å². The zero-order valence-electron chi connectivity index (χ0n) is 16.0. The smallest absolute Gasteiger partial charge is 0.341 e. The van der Waals surface area contributed by atoms with Gasteiger partial charge < -0.3 is 20.3 Å². The van der Waals surface area contributed by atoms with Crippen molar-refractivity contribution in [1.29, 1.82) is 0 Å². The molecule has 0 radical (unpaired) electrons. The fourth-order valence-corrected chi connectivity index (χ4v) is 4.00. The first-order valence-corrected chi connectivity index (χ1v) is 9.61. The fourth-order valence-electron chi connectivity index (χ4n) is 2.49. The van der Waals surface area contributed by atoms with Gasteiger partial charge in [0.1, 0.15) is 5.00 Å². The monoisotopic (exact) mass is 405 g/mol. The summed E-state index contributed by atoms with van der Waals surface area (Å²) in [5, 5.41) is 6.96. The second kappa shape index (κ2) is 8.96. The number of nitrogens with zero attached hydrogens (tertiary/aromatic N) is 1. The molecule has 2 aromatic rings. The van der Waals surface area contributed by atoms with Crippen molar-refractivity contribution in [1.82, 2.24) is 4.90 Å². The third kappa shape index (κ3) is 4.84. The molecule has 1 aromatic heterocycles. The summed E-state index contributed by atoms with van der Waals surface area (Å²) >= 11 is 6.57. The number of ether oxygens (including phenoxy) is 1. The highest BCUT2D eigenvalue weighted by atomic mass is 32.1. The lowest BCUT2D eigenvalue weighted by Gasteiger charge is -2.11. The molecule has 0 atom stereocenters. The van der Waals surface area contributed by atoms with Gasteiger partial charge in [-0.05, 0) is 48.8 Å². The van der Waals surface area contributed by atoms with Crippen LogP contribution in [-0.2, 0) is 11.2 Å². The van der Waals surface area contributed by atoms with Gasteiger partial charge in [-0.15, -0.1) is 11.3 Å². The second-order valence-corrected chi connectivity index (χ2v) is 7.51. The quantitative estimate of drug-likeness (QED) is 0.580. The normalized spacial score (nSPS) is 10.3. The molecule has 144 valence electrons. The molecule has 1 heterocycles. The molecule has 0 saturated heterocycles. The van der Waals surface area contributed by atoms with E-state index in [2.05, 4.69) is 17.6 Å². The molecule has 0 unspecified atom stereocenters. The number of rotatable bonds is 5. The number of carbonyl (C=O) groups is 2. The number of hydrogen-bond donors (Lipinski definition) is 2. The van der Waals surface area contributed by atoms with Gasteiger partial charge >= 0.3 is 5.97 Å². The van der Waals surface area contributed by atoms with Crippen LogP contribution in [0.15, 0.2) is 24.3 Å². The summed E-state index contributed by atoms with van der Waals surface area (Å²) in [6, 6.07) is 7.91. The Morgan fingerprint density at radius 3 is 2.56 bits per heavy atom. The molecule has 0 saturated carbocycles. The summed E-state index contributed by atoms with van der Waals surface area (Å²) in [5.74, 6) is -0.690. The number of benzene rings is 1. The topological polar surface area (TPSA) is 70.7 Å². The number of esters is 1. The second-order valence-electron chi connectivity index (χ2n) is 6.08. The van der Waals surface area contributed by atoms with E-state index in [1.54, 1.807) is 21.0 Å². The van der Waals surface area contributed by atoms with Crippen LogP contribution in [0.3, 0.4) is 0 Å². The zero-order chi connectivity index (χ0) is 20.1. The summed E-state index contributed by atoms with van der Waals surface area (Å²) in [4.78, 5) is 26.6. The van der Waals surface area contributed by atoms with Crippen molar-refractivity contribution < 1.29 is 14.3 Å². The summed E-state index contributed by atoms with van der Waals surface area (Å²) in [7, 11) is 4.64. The molecule has 0 aliphatic heterocycles. The van der Waals surface area contributed by atoms with E-state index in [-0.39, 0.29) is 5.91 Å². The van der Waals surface area contributed by atoms with Crippen molar-refractivity contribution >= 4 is 51.2 Å². The first-order valence-electron chi connectivity index (χ1n) is 8.38. The number of carbonyl (C=O) groups excluding carboxylic acids is 2. The van der Waals surface area contributed by atoms with Crippen LogP contribution >= 0.6 is 23.6 Å². The van der Waals surface area contributed by atoms with Crippen LogP contribution in [0.25, 0.3) is 0 Å². The number of methoxy groups -OCH3 is 1. The predicted molar refractivity (Wildman–Crippen MR) is 114 cm³/mol. The van der Waals surface area contributed by atoms with Gasteiger partial charge in [0.05, 0.1) is 17.6 Å².